The highest BCUT2D eigenvalue weighted by Crippen LogP contribution is 2.31. The first kappa shape index (κ1) is 18.5. The zero-order valence-electron chi connectivity index (χ0n) is 15.6. The number of methoxy groups -OCH3 is 2. The summed E-state index contributed by atoms with van der Waals surface area (Å²) in [4.78, 5) is 25.6. The van der Waals surface area contributed by atoms with Gasteiger partial charge in [0.05, 0.1) is 14.2 Å². The van der Waals surface area contributed by atoms with Crippen molar-refractivity contribution in [1.82, 2.24) is 0 Å². The average molecular weight is 366 g/mol. The summed E-state index contributed by atoms with van der Waals surface area (Å²) in [6, 6.07) is 11.0. The van der Waals surface area contributed by atoms with E-state index in [1.165, 1.54) is 6.08 Å². The average Bonchev–Trinajstić information content (AvgIpc) is 3.09. The quantitative estimate of drug-likeness (QED) is 0.825. The summed E-state index contributed by atoms with van der Waals surface area (Å²) in [5.74, 6) is 1.04. The molecule has 0 unspecified atom stereocenters. The van der Waals surface area contributed by atoms with Crippen LogP contribution in [0.4, 0.5) is 11.4 Å². The zero-order valence-corrected chi connectivity index (χ0v) is 15.6. The van der Waals surface area contributed by atoms with Crippen LogP contribution in [0, 0.1) is 0 Å². The van der Waals surface area contributed by atoms with E-state index in [4.69, 9.17) is 9.47 Å². The molecule has 1 aliphatic heterocycles. The van der Waals surface area contributed by atoms with E-state index in [1.54, 1.807) is 44.3 Å². The summed E-state index contributed by atoms with van der Waals surface area (Å²) >= 11 is 0. The van der Waals surface area contributed by atoms with Crippen LogP contribution in [-0.4, -0.2) is 32.6 Å². The van der Waals surface area contributed by atoms with E-state index in [1.807, 2.05) is 24.3 Å². The van der Waals surface area contributed by atoms with Gasteiger partial charge in [-0.3, -0.25) is 9.59 Å². The van der Waals surface area contributed by atoms with Crippen molar-refractivity contribution < 1.29 is 19.1 Å². The number of amides is 2. The molecular formula is C21H22N2O4. The third-order valence-corrected chi connectivity index (χ3v) is 4.46. The van der Waals surface area contributed by atoms with Crippen LogP contribution in [0.3, 0.4) is 0 Å². The van der Waals surface area contributed by atoms with Gasteiger partial charge in [-0.05, 0) is 54.0 Å². The van der Waals surface area contributed by atoms with Gasteiger partial charge in [-0.2, -0.15) is 0 Å². The Morgan fingerprint density at radius 2 is 1.85 bits per heavy atom. The van der Waals surface area contributed by atoms with E-state index >= 15 is 0 Å². The first-order valence-electron chi connectivity index (χ1n) is 8.64. The van der Waals surface area contributed by atoms with Crippen molar-refractivity contribution >= 4 is 29.3 Å². The maximum atomic E-state index is 12.2. The van der Waals surface area contributed by atoms with E-state index < -0.39 is 0 Å². The molecule has 0 aliphatic carbocycles. The topological polar surface area (TPSA) is 67.9 Å². The molecule has 140 valence electrons. The number of rotatable bonds is 5. The van der Waals surface area contributed by atoms with Crippen LogP contribution in [0.15, 0.2) is 42.5 Å². The van der Waals surface area contributed by atoms with Gasteiger partial charge in [-0.1, -0.05) is 6.07 Å². The Balaban J connectivity index is 1.68. The van der Waals surface area contributed by atoms with E-state index in [9.17, 15) is 9.59 Å². The molecule has 6 heteroatoms. The van der Waals surface area contributed by atoms with Crippen LogP contribution in [0.2, 0.25) is 0 Å². The highest BCUT2D eigenvalue weighted by atomic mass is 16.5. The summed E-state index contributed by atoms with van der Waals surface area (Å²) in [5, 5.41) is 2.85. The number of carbonyl (C=O) groups excluding carboxylic acids is 2. The van der Waals surface area contributed by atoms with Crippen LogP contribution < -0.4 is 19.7 Å². The van der Waals surface area contributed by atoms with Gasteiger partial charge in [-0.25, -0.2) is 0 Å². The van der Waals surface area contributed by atoms with Gasteiger partial charge in [0.2, 0.25) is 11.8 Å². The minimum absolute atomic E-state index is 0.0309. The largest absolute Gasteiger partial charge is 0.493 e. The second kappa shape index (κ2) is 7.95. The Labute approximate surface area is 158 Å². The number of fused-ring (bicyclic) bond motifs is 1. The minimum atomic E-state index is -0.230. The molecule has 3 rings (SSSR count). The lowest BCUT2D eigenvalue weighted by atomic mass is 10.1. The van der Waals surface area contributed by atoms with Gasteiger partial charge in [0.25, 0.3) is 0 Å². The number of hydrogen-bond donors (Lipinski definition) is 1. The lowest BCUT2D eigenvalue weighted by Crippen LogP contribution is -2.25. The van der Waals surface area contributed by atoms with Gasteiger partial charge in [0.1, 0.15) is 0 Å². The molecular weight excluding hydrogens is 344 g/mol. The van der Waals surface area contributed by atoms with Crippen LogP contribution >= 0.6 is 0 Å². The maximum Gasteiger partial charge on any atom is 0.248 e. The predicted molar refractivity (Wildman–Crippen MR) is 105 cm³/mol. The summed E-state index contributed by atoms with van der Waals surface area (Å²) < 4.78 is 10.5. The zero-order chi connectivity index (χ0) is 19.4. The molecule has 2 amide bonds. The molecule has 0 fully saturated rings. The molecule has 0 aromatic heterocycles. The third kappa shape index (κ3) is 4.11. The van der Waals surface area contributed by atoms with E-state index in [-0.39, 0.29) is 11.8 Å². The Bertz CT molecular complexity index is 905. The number of anilines is 2. The third-order valence-electron chi connectivity index (χ3n) is 4.46. The maximum absolute atomic E-state index is 12.2. The van der Waals surface area contributed by atoms with Gasteiger partial charge in [-0.15, -0.1) is 0 Å². The van der Waals surface area contributed by atoms with Gasteiger partial charge in [0.15, 0.2) is 11.5 Å². The summed E-state index contributed by atoms with van der Waals surface area (Å²) in [5.41, 5.74) is 3.52. The van der Waals surface area contributed by atoms with Gasteiger partial charge >= 0.3 is 0 Å². The predicted octanol–water partition coefficient (Wildman–Crippen LogP) is 3.26. The molecule has 0 atom stereocenters. The Morgan fingerprint density at radius 3 is 2.56 bits per heavy atom. The molecule has 2 aromatic rings. The molecule has 0 saturated heterocycles. The lowest BCUT2D eigenvalue weighted by Gasteiger charge is -2.14. The van der Waals surface area contributed by atoms with Crippen LogP contribution in [0.5, 0.6) is 11.5 Å². The van der Waals surface area contributed by atoms with Crippen molar-refractivity contribution in [2.45, 2.75) is 13.3 Å². The summed E-state index contributed by atoms with van der Waals surface area (Å²) in [6.07, 6.45) is 3.97. The van der Waals surface area contributed by atoms with Crippen molar-refractivity contribution in [2.75, 3.05) is 31.0 Å². The van der Waals surface area contributed by atoms with Gasteiger partial charge in [0, 0.05) is 30.9 Å². The molecule has 0 saturated carbocycles. The van der Waals surface area contributed by atoms with Crippen molar-refractivity contribution in [3.05, 3.63) is 53.6 Å². The molecule has 27 heavy (non-hydrogen) atoms. The van der Waals surface area contributed by atoms with E-state index in [0.717, 1.165) is 23.2 Å². The molecule has 2 aromatic carbocycles. The van der Waals surface area contributed by atoms with Gasteiger partial charge < -0.3 is 19.7 Å². The first-order chi connectivity index (χ1) is 13.0. The number of hydrogen-bond acceptors (Lipinski definition) is 4. The normalized spacial score (nSPS) is 12.8. The Hall–Kier alpha value is -3.28. The first-order valence-corrected chi connectivity index (χ1v) is 8.64. The number of nitrogens with one attached hydrogen (secondary N) is 1. The fraction of sp³-hybridized carbons (Fsp3) is 0.238. The molecule has 1 N–H and O–H groups in total. The number of nitrogens with zero attached hydrogens (tertiary/aromatic N) is 1. The lowest BCUT2D eigenvalue weighted by molar-refractivity contribution is -0.116. The highest BCUT2D eigenvalue weighted by Gasteiger charge is 2.22. The van der Waals surface area contributed by atoms with E-state index in [2.05, 4.69) is 5.32 Å². The van der Waals surface area contributed by atoms with Crippen molar-refractivity contribution in [3.63, 3.8) is 0 Å². The Morgan fingerprint density at radius 1 is 1.07 bits per heavy atom. The number of carbonyl (C=O) groups is 2. The van der Waals surface area contributed by atoms with Crippen molar-refractivity contribution in [3.8, 4) is 11.5 Å². The van der Waals surface area contributed by atoms with Crippen LogP contribution in [0.25, 0.3) is 6.08 Å². The minimum Gasteiger partial charge on any atom is -0.493 e. The van der Waals surface area contributed by atoms with Crippen LogP contribution in [-0.2, 0) is 16.0 Å². The van der Waals surface area contributed by atoms with Crippen molar-refractivity contribution in [2.24, 2.45) is 0 Å². The molecule has 0 spiro atoms. The molecule has 0 bridgehead atoms. The SMILES string of the molecule is COc1ccc(/C=C/C(=O)Nc2ccc3c(c2)CCN3C(C)=O)cc1OC. The van der Waals surface area contributed by atoms with Crippen molar-refractivity contribution in [1.29, 1.82) is 0 Å². The second-order valence-corrected chi connectivity index (χ2v) is 6.20. The Kier molecular flexibility index (Phi) is 5.45. The van der Waals surface area contributed by atoms with Crippen LogP contribution in [0.1, 0.15) is 18.1 Å². The fourth-order valence-electron chi connectivity index (χ4n) is 3.12. The summed E-state index contributed by atoms with van der Waals surface area (Å²) in [6.45, 7) is 2.24. The molecule has 6 nitrogen and oxygen atoms in total. The molecule has 1 heterocycles. The second-order valence-electron chi connectivity index (χ2n) is 6.20. The fourth-order valence-corrected chi connectivity index (χ4v) is 3.12. The number of benzene rings is 2. The smallest absolute Gasteiger partial charge is 0.248 e. The molecule has 1 aliphatic rings. The highest BCUT2D eigenvalue weighted by molar-refractivity contribution is 6.02. The summed E-state index contributed by atoms with van der Waals surface area (Å²) in [7, 11) is 3.15. The monoisotopic (exact) mass is 366 g/mol. The number of ether oxygens (including phenoxy) is 2. The van der Waals surface area contributed by atoms with E-state index in [0.29, 0.717) is 23.7 Å². The molecule has 0 radical (unpaired) electrons. The standard InChI is InChI=1S/C21H22N2O4/c1-14(24)23-11-10-16-13-17(6-7-18(16)23)22-21(25)9-5-15-4-8-19(26-2)20(12-15)27-3/h4-9,12-13H,10-11H2,1-3H3,(H,22,25)/b9-5+.